The van der Waals surface area contributed by atoms with Crippen molar-refractivity contribution in [3.63, 3.8) is 0 Å². The van der Waals surface area contributed by atoms with E-state index in [1.807, 2.05) is 0 Å². The molecule has 5 N–H and O–H groups in total. The highest BCUT2D eigenvalue weighted by Gasteiger charge is 2.39. The van der Waals surface area contributed by atoms with Gasteiger partial charge in [0.2, 0.25) is 11.8 Å². The van der Waals surface area contributed by atoms with Crippen LogP contribution in [0.5, 0.6) is 0 Å². The van der Waals surface area contributed by atoms with E-state index in [1.165, 1.54) is 4.90 Å². The summed E-state index contributed by atoms with van der Waals surface area (Å²) in [6.45, 7) is 0.893. The van der Waals surface area contributed by atoms with Gasteiger partial charge in [-0.25, -0.2) is 4.79 Å². The van der Waals surface area contributed by atoms with E-state index in [2.05, 4.69) is 10.6 Å². The van der Waals surface area contributed by atoms with Crippen LogP contribution in [0.3, 0.4) is 0 Å². The van der Waals surface area contributed by atoms with Gasteiger partial charge in [-0.1, -0.05) is 0 Å². The minimum absolute atomic E-state index is 0.0810. The highest BCUT2D eigenvalue weighted by atomic mass is 16.4. The molecule has 2 heterocycles. The number of carboxylic acids is 1. The highest BCUT2D eigenvalue weighted by molar-refractivity contribution is 5.88. The molecule has 0 aromatic rings. The molecule has 112 valence electrons. The van der Waals surface area contributed by atoms with Gasteiger partial charge in [0, 0.05) is 19.1 Å². The molecule has 3 atom stereocenters. The number of aliphatic carboxylic acids is 1. The molecule has 0 radical (unpaired) electrons. The van der Waals surface area contributed by atoms with Gasteiger partial charge < -0.3 is 26.4 Å². The lowest BCUT2D eigenvalue weighted by atomic mass is 10.1. The first-order chi connectivity index (χ1) is 9.52. The van der Waals surface area contributed by atoms with Crippen LogP contribution in [0.2, 0.25) is 0 Å². The Balaban J connectivity index is 1.91. The van der Waals surface area contributed by atoms with Crippen LogP contribution < -0.4 is 16.4 Å². The van der Waals surface area contributed by atoms with Crippen LogP contribution in [0.25, 0.3) is 0 Å². The Morgan fingerprint density at radius 3 is 2.80 bits per heavy atom. The number of hydrogen-bond acceptors (Lipinski definition) is 5. The average molecular weight is 284 g/mol. The third-order valence-corrected chi connectivity index (χ3v) is 3.80. The molecule has 8 nitrogen and oxygen atoms in total. The lowest BCUT2D eigenvalue weighted by Gasteiger charge is -2.24. The fourth-order valence-corrected chi connectivity index (χ4v) is 2.81. The van der Waals surface area contributed by atoms with Gasteiger partial charge in [-0.05, 0) is 19.3 Å². The molecule has 2 fully saturated rings. The van der Waals surface area contributed by atoms with Gasteiger partial charge in [0.15, 0.2) is 0 Å². The number of hydrogen-bond donors (Lipinski definition) is 4. The molecule has 0 aliphatic carbocycles. The first-order valence-electron chi connectivity index (χ1n) is 6.79. The number of carboxylic acid groups (broad SMARTS) is 1. The van der Waals surface area contributed by atoms with Gasteiger partial charge in [-0.15, -0.1) is 0 Å². The maximum absolute atomic E-state index is 12.3. The van der Waals surface area contributed by atoms with E-state index >= 15 is 0 Å². The largest absolute Gasteiger partial charge is 0.480 e. The zero-order valence-corrected chi connectivity index (χ0v) is 11.2. The summed E-state index contributed by atoms with van der Waals surface area (Å²) >= 11 is 0. The van der Waals surface area contributed by atoms with Crippen LogP contribution in [0.15, 0.2) is 0 Å². The molecule has 0 bridgehead atoms. The molecule has 2 aliphatic heterocycles. The summed E-state index contributed by atoms with van der Waals surface area (Å²) in [4.78, 5) is 36.0. The number of nitrogens with two attached hydrogens (primary N) is 1. The van der Waals surface area contributed by atoms with E-state index in [0.29, 0.717) is 32.4 Å². The fraction of sp³-hybridized carbons (Fsp3) is 0.750. The molecule has 0 spiro atoms. The number of nitrogens with one attached hydrogen (secondary N) is 2. The Morgan fingerprint density at radius 2 is 2.15 bits per heavy atom. The molecule has 0 unspecified atom stereocenters. The topological polar surface area (TPSA) is 125 Å². The SMILES string of the molecule is NCC(=O)N[C@@H]1CN[C@@H](C(=O)N2CCC[C@@H]2C(=O)O)C1. The van der Waals surface area contributed by atoms with Crippen LogP contribution >= 0.6 is 0 Å². The van der Waals surface area contributed by atoms with Crippen LogP contribution in [0.1, 0.15) is 19.3 Å². The van der Waals surface area contributed by atoms with Crippen LogP contribution in [0.4, 0.5) is 0 Å². The molecule has 8 heteroatoms. The number of carbonyl (C=O) groups is 3. The molecule has 2 saturated heterocycles. The summed E-state index contributed by atoms with van der Waals surface area (Å²) in [5.74, 6) is -1.41. The molecule has 2 rings (SSSR count). The highest BCUT2D eigenvalue weighted by Crippen LogP contribution is 2.20. The third kappa shape index (κ3) is 3.07. The molecule has 2 aliphatic rings. The predicted octanol–water partition coefficient (Wildman–Crippen LogP) is -2.13. The fourth-order valence-electron chi connectivity index (χ4n) is 2.81. The second kappa shape index (κ2) is 6.19. The Hall–Kier alpha value is -1.67. The number of rotatable bonds is 4. The average Bonchev–Trinajstić information content (AvgIpc) is 3.06. The Morgan fingerprint density at radius 1 is 1.40 bits per heavy atom. The zero-order valence-electron chi connectivity index (χ0n) is 11.2. The van der Waals surface area contributed by atoms with E-state index in [-0.39, 0.29) is 24.4 Å². The van der Waals surface area contributed by atoms with Crippen LogP contribution in [0, 0.1) is 0 Å². The Bertz CT molecular complexity index is 414. The number of nitrogens with zero attached hydrogens (tertiary/aromatic N) is 1. The van der Waals surface area contributed by atoms with Crippen molar-refractivity contribution in [3.05, 3.63) is 0 Å². The smallest absolute Gasteiger partial charge is 0.326 e. The summed E-state index contributed by atoms with van der Waals surface area (Å²) in [6, 6.07) is -1.29. The maximum Gasteiger partial charge on any atom is 0.326 e. The lowest BCUT2D eigenvalue weighted by Crippen LogP contribution is -2.48. The van der Waals surface area contributed by atoms with Crippen LogP contribution in [-0.2, 0) is 14.4 Å². The van der Waals surface area contributed by atoms with Crippen molar-refractivity contribution < 1.29 is 19.5 Å². The lowest BCUT2D eigenvalue weighted by molar-refractivity contribution is -0.148. The van der Waals surface area contributed by atoms with Crippen molar-refractivity contribution in [2.75, 3.05) is 19.6 Å². The van der Waals surface area contributed by atoms with E-state index in [0.717, 1.165) is 0 Å². The van der Waals surface area contributed by atoms with Gasteiger partial charge in [-0.2, -0.15) is 0 Å². The van der Waals surface area contributed by atoms with Gasteiger partial charge in [0.25, 0.3) is 0 Å². The minimum atomic E-state index is -0.957. The van der Waals surface area contributed by atoms with E-state index in [1.54, 1.807) is 0 Å². The molecule has 0 saturated carbocycles. The van der Waals surface area contributed by atoms with Crippen molar-refractivity contribution >= 4 is 17.8 Å². The third-order valence-electron chi connectivity index (χ3n) is 3.80. The number of carbonyl (C=O) groups excluding carboxylic acids is 2. The summed E-state index contributed by atoms with van der Waals surface area (Å²) in [5.41, 5.74) is 5.22. The van der Waals surface area contributed by atoms with Gasteiger partial charge in [-0.3, -0.25) is 9.59 Å². The summed E-state index contributed by atoms with van der Waals surface area (Å²) in [7, 11) is 0. The molecule has 0 aromatic heterocycles. The normalized spacial score (nSPS) is 29.4. The molecule has 2 amide bonds. The van der Waals surface area contributed by atoms with Crippen molar-refractivity contribution in [2.24, 2.45) is 5.73 Å². The van der Waals surface area contributed by atoms with E-state index in [9.17, 15) is 14.4 Å². The minimum Gasteiger partial charge on any atom is -0.480 e. The quantitative estimate of drug-likeness (QED) is 0.467. The summed E-state index contributed by atoms with van der Waals surface area (Å²) in [5, 5.41) is 14.9. The standard InChI is InChI=1S/C12H20N4O4/c13-5-10(17)15-7-4-8(14-6-7)11(18)16-3-1-2-9(16)12(19)20/h7-9,14H,1-6,13H2,(H,15,17)(H,19,20)/t7-,8+,9+/m0/s1. The van der Waals surface area contributed by atoms with Crippen molar-refractivity contribution in [1.82, 2.24) is 15.5 Å². The predicted molar refractivity (Wildman–Crippen MR) is 69.8 cm³/mol. The first-order valence-corrected chi connectivity index (χ1v) is 6.79. The molecular formula is C12H20N4O4. The first kappa shape index (κ1) is 14.7. The van der Waals surface area contributed by atoms with Gasteiger partial charge >= 0.3 is 5.97 Å². The summed E-state index contributed by atoms with van der Waals surface area (Å²) < 4.78 is 0. The van der Waals surface area contributed by atoms with Gasteiger partial charge in [0.05, 0.1) is 12.6 Å². The second-order valence-corrected chi connectivity index (χ2v) is 5.19. The number of amides is 2. The van der Waals surface area contributed by atoms with Crippen molar-refractivity contribution in [3.8, 4) is 0 Å². The Kier molecular flexibility index (Phi) is 4.56. The number of likely N-dealkylation sites (tertiary alicyclic amines) is 1. The maximum atomic E-state index is 12.3. The van der Waals surface area contributed by atoms with Crippen LogP contribution in [-0.4, -0.2) is 65.5 Å². The second-order valence-electron chi connectivity index (χ2n) is 5.19. The summed E-state index contributed by atoms with van der Waals surface area (Å²) in [6.07, 6.45) is 1.68. The van der Waals surface area contributed by atoms with Crippen molar-refractivity contribution in [2.45, 2.75) is 37.4 Å². The monoisotopic (exact) mass is 284 g/mol. The van der Waals surface area contributed by atoms with E-state index in [4.69, 9.17) is 10.8 Å². The molecule has 0 aromatic carbocycles. The molecule has 20 heavy (non-hydrogen) atoms. The van der Waals surface area contributed by atoms with Gasteiger partial charge in [0.1, 0.15) is 6.04 Å². The van der Waals surface area contributed by atoms with Crippen molar-refractivity contribution in [1.29, 1.82) is 0 Å². The van der Waals surface area contributed by atoms with E-state index < -0.39 is 18.1 Å². The molecular weight excluding hydrogens is 264 g/mol. The zero-order chi connectivity index (χ0) is 14.7. The Labute approximate surface area is 116 Å².